The van der Waals surface area contributed by atoms with E-state index in [1.807, 2.05) is 6.92 Å². The van der Waals surface area contributed by atoms with Gasteiger partial charge in [-0.05, 0) is 24.6 Å². The Hall–Kier alpha value is -1.09. The molecule has 1 unspecified atom stereocenters. The smallest absolute Gasteiger partial charge is 0.235 e. The van der Waals surface area contributed by atoms with Crippen molar-refractivity contribution in [3.63, 3.8) is 0 Å². The molecular weight excluding hydrogens is 205 g/mol. The van der Waals surface area contributed by atoms with Gasteiger partial charge in [-0.3, -0.25) is 4.79 Å². The second kappa shape index (κ2) is 4.96. The van der Waals surface area contributed by atoms with Crippen LogP contribution in [0.5, 0.6) is 0 Å². The molecule has 0 aliphatic heterocycles. The summed E-state index contributed by atoms with van der Waals surface area (Å²) in [5.74, 6) is -0.584. The first-order chi connectivity index (χ1) is 6.63. The molecule has 0 aliphatic rings. The minimum absolute atomic E-state index is 0.0640. The van der Waals surface area contributed by atoms with Crippen molar-refractivity contribution in [3.8, 4) is 0 Å². The van der Waals surface area contributed by atoms with Crippen LogP contribution in [0.15, 0.2) is 24.3 Å². The van der Waals surface area contributed by atoms with E-state index in [2.05, 4.69) is 5.32 Å². The summed E-state index contributed by atoms with van der Waals surface area (Å²) in [6.45, 7) is 1.82. The van der Waals surface area contributed by atoms with Gasteiger partial charge in [0.15, 0.2) is 0 Å². The van der Waals surface area contributed by atoms with Gasteiger partial charge in [0, 0.05) is 0 Å². The average molecular weight is 216 g/mol. The molecule has 1 N–H and O–H groups in total. The number of carbonyl (C=O) groups excluding carboxylic acids is 1. The zero-order valence-electron chi connectivity index (χ0n) is 7.76. The molecule has 0 aromatic heterocycles. The van der Waals surface area contributed by atoms with Gasteiger partial charge in [0.25, 0.3) is 0 Å². The maximum Gasteiger partial charge on any atom is 0.235 e. The highest BCUT2D eigenvalue weighted by Gasteiger charge is 2.07. The van der Waals surface area contributed by atoms with Crippen molar-refractivity contribution in [2.75, 3.05) is 5.88 Å². The Morgan fingerprint density at radius 2 is 2.07 bits per heavy atom. The molecule has 0 saturated carbocycles. The summed E-state index contributed by atoms with van der Waals surface area (Å²) in [6, 6.07) is 5.84. The molecule has 0 bridgehead atoms. The second-order valence-electron chi connectivity index (χ2n) is 2.97. The zero-order valence-corrected chi connectivity index (χ0v) is 8.51. The van der Waals surface area contributed by atoms with Crippen molar-refractivity contribution >= 4 is 17.5 Å². The molecule has 0 saturated heterocycles. The van der Waals surface area contributed by atoms with Gasteiger partial charge >= 0.3 is 0 Å². The lowest BCUT2D eigenvalue weighted by Gasteiger charge is -2.12. The lowest BCUT2D eigenvalue weighted by molar-refractivity contribution is -0.119. The molecule has 14 heavy (non-hydrogen) atoms. The van der Waals surface area contributed by atoms with E-state index in [1.165, 1.54) is 12.1 Å². The predicted octanol–water partition coefficient (Wildman–Crippen LogP) is 2.24. The van der Waals surface area contributed by atoms with Crippen LogP contribution in [0.3, 0.4) is 0 Å². The number of benzene rings is 1. The summed E-state index contributed by atoms with van der Waals surface area (Å²) in [5.41, 5.74) is 0.852. The van der Waals surface area contributed by atoms with E-state index < -0.39 is 0 Å². The summed E-state index contributed by atoms with van der Waals surface area (Å²) in [6.07, 6.45) is 0. The van der Waals surface area contributed by atoms with Crippen LogP contribution in [0.25, 0.3) is 0 Å². The molecule has 0 spiro atoms. The van der Waals surface area contributed by atoms with Crippen LogP contribution in [0.2, 0.25) is 0 Å². The Kier molecular flexibility index (Phi) is 3.89. The lowest BCUT2D eigenvalue weighted by Crippen LogP contribution is -2.27. The van der Waals surface area contributed by atoms with E-state index in [-0.39, 0.29) is 23.6 Å². The van der Waals surface area contributed by atoms with E-state index >= 15 is 0 Å². The minimum atomic E-state index is -0.287. The molecule has 0 fully saturated rings. The van der Waals surface area contributed by atoms with Crippen molar-refractivity contribution in [3.05, 3.63) is 35.6 Å². The third kappa shape index (κ3) is 3.00. The fraction of sp³-hybridized carbons (Fsp3) is 0.300. The Balaban J connectivity index is 2.65. The van der Waals surface area contributed by atoms with Gasteiger partial charge in [-0.1, -0.05) is 12.1 Å². The van der Waals surface area contributed by atoms with Crippen LogP contribution in [-0.2, 0) is 4.79 Å². The molecule has 1 rings (SSSR count). The highest BCUT2D eigenvalue weighted by Crippen LogP contribution is 2.12. The second-order valence-corrected chi connectivity index (χ2v) is 3.24. The van der Waals surface area contributed by atoms with E-state index in [4.69, 9.17) is 11.6 Å². The van der Waals surface area contributed by atoms with Gasteiger partial charge in [0.05, 0.1) is 6.04 Å². The molecule has 1 amide bonds. The monoisotopic (exact) mass is 215 g/mol. The quantitative estimate of drug-likeness (QED) is 0.770. The van der Waals surface area contributed by atoms with Crippen LogP contribution in [0, 0.1) is 5.82 Å². The number of hydrogen-bond acceptors (Lipinski definition) is 1. The fourth-order valence-electron chi connectivity index (χ4n) is 1.11. The Bertz CT molecular complexity index is 312. The van der Waals surface area contributed by atoms with E-state index in [0.29, 0.717) is 0 Å². The molecule has 4 heteroatoms. The maximum atomic E-state index is 12.6. The molecule has 0 heterocycles. The number of halogens is 2. The van der Waals surface area contributed by atoms with E-state index in [9.17, 15) is 9.18 Å². The van der Waals surface area contributed by atoms with Crippen molar-refractivity contribution in [2.45, 2.75) is 13.0 Å². The predicted molar refractivity (Wildman–Crippen MR) is 53.7 cm³/mol. The molecular formula is C10H11ClFNO. The number of alkyl halides is 1. The summed E-state index contributed by atoms with van der Waals surface area (Å²) < 4.78 is 12.6. The maximum absolute atomic E-state index is 12.6. The molecule has 1 atom stereocenters. The lowest BCUT2D eigenvalue weighted by atomic mass is 10.1. The van der Waals surface area contributed by atoms with Crippen LogP contribution >= 0.6 is 11.6 Å². The van der Waals surface area contributed by atoms with Gasteiger partial charge in [-0.15, -0.1) is 11.6 Å². The largest absolute Gasteiger partial charge is 0.349 e. The standard InChI is InChI=1S/C10H11ClFNO/c1-7(13-10(14)6-11)8-2-4-9(12)5-3-8/h2-5,7H,6H2,1H3,(H,13,14). The van der Waals surface area contributed by atoms with Crippen LogP contribution in [0.1, 0.15) is 18.5 Å². The first-order valence-corrected chi connectivity index (χ1v) is 4.77. The summed E-state index contributed by atoms with van der Waals surface area (Å²) in [4.78, 5) is 10.9. The van der Waals surface area contributed by atoms with Gasteiger partial charge in [0.2, 0.25) is 5.91 Å². The zero-order chi connectivity index (χ0) is 10.6. The number of nitrogens with one attached hydrogen (secondary N) is 1. The molecule has 1 aromatic carbocycles. The Labute approximate surface area is 87.1 Å². The minimum Gasteiger partial charge on any atom is -0.349 e. The fourth-order valence-corrected chi connectivity index (χ4v) is 1.19. The third-order valence-corrected chi connectivity index (χ3v) is 2.11. The molecule has 0 radical (unpaired) electrons. The summed E-state index contributed by atoms with van der Waals surface area (Å²) >= 11 is 5.34. The Morgan fingerprint density at radius 1 is 1.50 bits per heavy atom. The van der Waals surface area contributed by atoms with Gasteiger partial charge in [-0.25, -0.2) is 4.39 Å². The van der Waals surface area contributed by atoms with Crippen molar-refractivity contribution in [1.82, 2.24) is 5.32 Å². The van der Waals surface area contributed by atoms with E-state index in [0.717, 1.165) is 5.56 Å². The van der Waals surface area contributed by atoms with Crippen molar-refractivity contribution in [2.24, 2.45) is 0 Å². The number of rotatable bonds is 3. The molecule has 1 aromatic rings. The van der Waals surface area contributed by atoms with Crippen LogP contribution < -0.4 is 5.32 Å². The number of amides is 1. The first kappa shape index (κ1) is 11.0. The van der Waals surface area contributed by atoms with E-state index in [1.54, 1.807) is 12.1 Å². The molecule has 2 nitrogen and oxygen atoms in total. The first-order valence-electron chi connectivity index (χ1n) is 4.24. The summed E-state index contributed by atoms with van der Waals surface area (Å²) in [7, 11) is 0. The van der Waals surface area contributed by atoms with Gasteiger partial charge in [-0.2, -0.15) is 0 Å². The molecule has 76 valence electrons. The topological polar surface area (TPSA) is 29.1 Å². The highest BCUT2D eigenvalue weighted by molar-refractivity contribution is 6.27. The highest BCUT2D eigenvalue weighted by atomic mass is 35.5. The van der Waals surface area contributed by atoms with Crippen molar-refractivity contribution < 1.29 is 9.18 Å². The van der Waals surface area contributed by atoms with Crippen molar-refractivity contribution in [1.29, 1.82) is 0 Å². The van der Waals surface area contributed by atoms with Crippen LogP contribution in [0.4, 0.5) is 4.39 Å². The van der Waals surface area contributed by atoms with Gasteiger partial charge < -0.3 is 5.32 Å². The summed E-state index contributed by atoms with van der Waals surface area (Å²) in [5, 5.41) is 2.67. The average Bonchev–Trinajstić information content (AvgIpc) is 2.18. The third-order valence-electron chi connectivity index (χ3n) is 1.87. The Morgan fingerprint density at radius 3 is 2.57 bits per heavy atom. The SMILES string of the molecule is CC(NC(=O)CCl)c1ccc(F)cc1. The van der Waals surface area contributed by atoms with Gasteiger partial charge in [0.1, 0.15) is 11.7 Å². The molecule has 0 aliphatic carbocycles. The number of hydrogen-bond donors (Lipinski definition) is 1. The number of carbonyl (C=O) groups is 1. The normalized spacial score (nSPS) is 12.2. The van der Waals surface area contributed by atoms with Crippen LogP contribution in [-0.4, -0.2) is 11.8 Å².